The van der Waals surface area contributed by atoms with Crippen molar-refractivity contribution in [3.8, 4) is 5.69 Å². The summed E-state index contributed by atoms with van der Waals surface area (Å²) in [6, 6.07) is 13.7. The molecule has 3 rings (SSSR count). The Bertz CT molecular complexity index is 764. The molecule has 0 aliphatic heterocycles. The number of oxime groups is 1. The fraction of sp³-hybridized carbons (Fsp3) is 0.125. The summed E-state index contributed by atoms with van der Waals surface area (Å²) in [5.41, 5.74) is 2.58. The van der Waals surface area contributed by atoms with Crippen LogP contribution >= 0.6 is 11.8 Å². The minimum atomic E-state index is 0.678. The van der Waals surface area contributed by atoms with Crippen LogP contribution in [-0.2, 0) is 5.75 Å². The molecule has 3 aromatic rings. The first-order chi connectivity index (χ1) is 10.8. The van der Waals surface area contributed by atoms with Gasteiger partial charge in [0.1, 0.15) is 10.8 Å². The number of benzene rings is 1. The van der Waals surface area contributed by atoms with Crippen molar-refractivity contribution in [3.63, 3.8) is 0 Å². The highest BCUT2D eigenvalue weighted by Crippen LogP contribution is 2.30. The van der Waals surface area contributed by atoms with Crippen molar-refractivity contribution in [2.24, 2.45) is 5.16 Å². The van der Waals surface area contributed by atoms with Crippen molar-refractivity contribution in [2.75, 3.05) is 0 Å². The lowest BCUT2D eigenvalue weighted by Crippen LogP contribution is -1.99. The Balaban J connectivity index is 2.00. The average Bonchev–Trinajstić information content (AvgIpc) is 3.16. The van der Waals surface area contributed by atoms with Gasteiger partial charge in [-0.05, 0) is 31.2 Å². The highest BCUT2D eigenvalue weighted by Gasteiger charge is 2.16. The summed E-state index contributed by atoms with van der Waals surface area (Å²) in [6.07, 6.45) is 3.08. The number of para-hydroxylation sites is 1. The van der Waals surface area contributed by atoms with Crippen LogP contribution in [0.4, 0.5) is 0 Å². The van der Waals surface area contributed by atoms with E-state index in [1.165, 1.54) is 6.21 Å². The van der Waals surface area contributed by atoms with Gasteiger partial charge in [0, 0.05) is 0 Å². The number of nitrogens with zero attached hydrogens (tertiary/aromatic N) is 3. The van der Waals surface area contributed by atoms with Gasteiger partial charge in [-0.25, -0.2) is 4.68 Å². The van der Waals surface area contributed by atoms with Crippen LogP contribution in [0.2, 0.25) is 0 Å². The lowest BCUT2D eigenvalue weighted by atomic mass is 10.3. The Labute approximate surface area is 132 Å². The summed E-state index contributed by atoms with van der Waals surface area (Å²) in [5.74, 6) is 1.56. The fourth-order valence-electron chi connectivity index (χ4n) is 2.14. The van der Waals surface area contributed by atoms with Gasteiger partial charge in [0.15, 0.2) is 0 Å². The molecule has 5 nitrogen and oxygen atoms in total. The third-order valence-electron chi connectivity index (χ3n) is 3.18. The quantitative estimate of drug-likeness (QED) is 0.336. The van der Waals surface area contributed by atoms with E-state index in [0.29, 0.717) is 5.75 Å². The lowest BCUT2D eigenvalue weighted by molar-refractivity contribution is 0.321. The monoisotopic (exact) mass is 313 g/mol. The first-order valence-electron chi connectivity index (χ1n) is 6.77. The molecule has 112 valence electrons. The molecule has 0 spiro atoms. The maximum Gasteiger partial charge on any atom is 0.114 e. The molecule has 0 saturated heterocycles. The minimum Gasteiger partial charge on any atom is -0.468 e. The van der Waals surface area contributed by atoms with Crippen molar-refractivity contribution in [3.05, 3.63) is 65.7 Å². The van der Waals surface area contributed by atoms with E-state index in [-0.39, 0.29) is 0 Å². The van der Waals surface area contributed by atoms with E-state index < -0.39 is 0 Å². The molecule has 0 fully saturated rings. The predicted molar refractivity (Wildman–Crippen MR) is 86.0 cm³/mol. The second-order valence-corrected chi connectivity index (χ2v) is 5.63. The third-order valence-corrected chi connectivity index (χ3v) is 4.28. The summed E-state index contributed by atoms with van der Waals surface area (Å²) in [5, 5.41) is 17.5. The summed E-state index contributed by atoms with van der Waals surface area (Å²) in [7, 11) is 0. The number of thioether (sulfide) groups is 1. The zero-order valence-corrected chi connectivity index (χ0v) is 12.8. The first kappa shape index (κ1) is 14.5. The Morgan fingerprint density at radius 1 is 1.27 bits per heavy atom. The summed E-state index contributed by atoms with van der Waals surface area (Å²) >= 11 is 1.59. The molecule has 0 unspecified atom stereocenters. The van der Waals surface area contributed by atoms with E-state index in [1.54, 1.807) is 18.0 Å². The van der Waals surface area contributed by atoms with Gasteiger partial charge in [-0.15, -0.1) is 0 Å². The molecule has 1 N–H and O–H groups in total. The SMILES string of the molecule is Cc1nn(-c2ccccc2)c(SCc2ccco2)c1/C=N/O. The molecule has 1 aromatic carbocycles. The molecule has 2 aromatic heterocycles. The second-order valence-electron chi connectivity index (χ2n) is 4.66. The van der Waals surface area contributed by atoms with Crippen molar-refractivity contribution in [1.29, 1.82) is 0 Å². The fourth-order valence-corrected chi connectivity index (χ4v) is 3.21. The largest absolute Gasteiger partial charge is 0.468 e. The van der Waals surface area contributed by atoms with Gasteiger partial charge >= 0.3 is 0 Å². The van der Waals surface area contributed by atoms with E-state index in [9.17, 15) is 0 Å². The van der Waals surface area contributed by atoms with Crippen molar-refractivity contribution in [1.82, 2.24) is 9.78 Å². The van der Waals surface area contributed by atoms with Crippen LogP contribution in [0.15, 0.2) is 63.3 Å². The summed E-state index contributed by atoms with van der Waals surface area (Å²) in [4.78, 5) is 0. The van der Waals surface area contributed by atoms with E-state index in [4.69, 9.17) is 9.62 Å². The van der Waals surface area contributed by atoms with Crippen LogP contribution in [0.1, 0.15) is 17.0 Å². The Kier molecular flexibility index (Phi) is 4.29. The van der Waals surface area contributed by atoms with Crippen LogP contribution in [0, 0.1) is 6.92 Å². The normalized spacial score (nSPS) is 11.3. The zero-order valence-electron chi connectivity index (χ0n) is 12.0. The van der Waals surface area contributed by atoms with Gasteiger partial charge in [0.25, 0.3) is 0 Å². The Morgan fingerprint density at radius 2 is 2.09 bits per heavy atom. The van der Waals surface area contributed by atoms with Crippen molar-refractivity contribution < 1.29 is 9.62 Å². The molecular formula is C16H15N3O2S. The maximum absolute atomic E-state index is 8.91. The van der Waals surface area contributed by atoms with Gasteiger partial charge < -0.3 is 9.62 Å². The van der Waals surface area contributed by atoms with Crippen molar-refractivity contribution >= 4 is 18.0 Å². The summed E-state index contributed by atoms with van der Waals surface area (Å²) in [6.45, 7) is 1.90. The number of aromatic nitrogens is 2. The molecule has 2 heterocycles. The molecule has 6 heteroatoms. The zero-order chi connectivity index (χ0) is 15.4. The number of furan rings is 1. The van der Waals surface area contributed by atoms with Crippen LogP contribution < -0.4 is 0 Å². The highest BCUT2D eigenvalue weighted by molar-refractivity contribution is 7.98. The van der Waals surface area contributed by atoms with Gasteiger partial charge in [-0.1, -0.05) is 35.1 Å². The molecule has 22 heavy (non-hydrogen) atoms. The average molecular weight is 313 g/mol. The minimum absolute atomic E-state index is 0.678. The molecule has 0 radical (unpaired) electrons. The molecule has 0 amide bonds. The molecule has 0 atom stereocenters. The molecule has 0 bridgehead atoms. The van der Waals surface area contributed by atoms with Crippen LogP contribution in [0.25, 0.3) is 5.69 Å². The topological polar surface area (TPSA) is 63.5 Å². The van der Waals surface area contributed by atoms with E-state index >= 15 is 0 Å². The van der Waals surface area contributed by atoms with E-state index in [1.807, 2.05) is 54.1 Å². The molecule has 0 saturated carbocycles. The number of hydrogen-bond donors (Lipinski definition) is 1. The third kappa shape index (κ3) is 2.92. The highest BCUT2D eigenvalue weighted by atomic mass is 32.2. The van der Waals surface area contributed by atoms with Gasteiger partial charge in [0.05, 0.1) is 35.2 Å². The number of aryl methyl sites for hydroxylation is 1. The summed E-state index contributed by atoms with van der Waals surface area (Å²) < 4.78 is 7.23. The van der Waals surface area contributed by atoms with Gasteiger partial charge in [-0.2, -0.15) is 5.10 Å². The lowest BCUT2D eigenvalue weighted by Gasteiger charge is -2.07. The van der Waals surface area contributed by atoms with Crippen LogP contribution in [0.5, 0.6) is 0 Å². The van der Waals surface area contributed by atoms with Crippen LogP contribution in [0.3, 0.4) is 0 Å². The van der Waals surface area contributed by atoms with Gasteiger partial charge in [0.2, 0.25) is 0 Å². The number of rotatable bonds is 5. The first-order valence-corrected chi connectivity index (χ1v) is 7.76. The Hall–Kier alpha value is -2.47. The van der Waals surface area contributed by atoms with Gasteiger partial charge in [-0.3, -0.25) is 0 Å². The van der Waals surface area contributed by atoms with E-state index in [0.717, 1.165) is 27.7 Å². The Morgan fingerprint density at radius 3 is 2.77 bits per heavy atom. The standard InChI is InChI=1S/C16H15N3O2S/c1-12-15(10-17-20)16(22-11-14-8-5-9-21-14)19(18-12)13-6-3-2-4-7-13/h2-10,20H,11H2,1H3/b17-10+. The van der Waals surface area contributed by atoms with Crippen molar-refractivity contribution in [2.45, 2.75) is 17.7 Å². The molecule has 0 aliphatic rings. The maximum atomic E-state index is 8.91. The number of hydrogen-bond acceptors (Lipinski definition) is 5. The molecular weight excluding hydrogens is 298 g/mol. The molecule has 0 aliphatic carbocycles. The van der Waals surface area contributed by atoms with E-state index in [2.05, 4.69) is 10.3 Å². The van der Waals surface area contributed by atoms with Crippen LogP contribution in [-0.4, -0.2) is 21.2 Å². The predicted octanol–water partition coefficient (Wildman–Crippen LogP) is 3.87. The second kappa shape index (κ2) is 6.53. The smallest absolute Gasteiger partial charge is 0.114 e.